The molecule has 2 N–H and O–H groups in total. The van der Waals surface area contributed by atoms with E-state index in [-0.39, 0.29) is 30.3 Å². The molecule has 0 amide bonds. The van der Waals surface area contributed by atoms with Gasteiger partial charge in [0.25, 0.3) is 0 Å². The molecular formula is C38H38N6O3. The molecule has 0 fully saturated rings. The van der Waals surface area contributed by atoms with Gasteiger partial charge in [-0.25, -0.2) is 4.98 Å². The predicted molar refractivity (Wildman–Crippen MR) is 182 cm³/mol. The van der Waals surface area contributed by atoms with E-state index in [0.717, 1.165) is 63.1 Å². The van der Waals surface area contributed by atoms with Gasteiger partial charge in [0.1, 0.15) is 12.4 Å². The maximum absolute atomic E-state index is 13.6. The topological polar surface area (TPSA) is 127 Å². The zero-order valence-electron chi connectivity index (χ0n) is 26.7. The summed E-state index contributed by atoms with van der Waals surface area (Å²) in [5.41, 5.74) is 8.60. The summed E-state index contributed by atoms with van der Waals surface area (Å²) in [7, 11) is 0. The normalized spacial score (nSPS) is 12.0. The molecule has 0 aliphatic rings. The summed E-state index contributed by atoms with van der Waals surface area (Å²) in [4.78, 5) is 30.8. The molecule has 2 aromatic heterocycles. The lowest BCUT2D eigenvalue weighted by Gasteiger charge is -2.16. The zero-order chi connectivity index (χ0) is 32.8. The number of aliphatic hydroxyl groups excluding tert-OH is 1. The van der Waals surface area contributed by atoms with E-state index in [9.17, 15) is 14.7 Å². The second-order valence-corrected chi connectivity index (χ2v) is 12.1. The van der Waals surface area contributed by atoms with E-state index in [4.69, 9.17) is 4.98 Å². The van der Waals surface area contributed by atoms with Crippen LogP contribution in [0.3, 0.4) is 0 Å². The standard InChI is InChI=1S/C38H38N6O3/c1-3-9-36-39-34-22-30(35(47)21-28(20-31(46)24-45)19-26-10-5-4-6-11-26)18-25(2)37(34)44(36)23-27-14-16-29(17-15-27)32-12-7-8-13-33(32)38-40-42-43-41-38/h4-8,10-18,22,28,45H,3,9,19-21,23-24H2,1-2H3,(H,40,41,42,43)/t28-/m1/s1. The van der Waals surface area contributed by atoms with Crippen LogP contribution in [-0.4, -0.2) is 53.5 Å². The van der Waals surface area contributed by atoms with Crippen molar-refractivity contribution in [2.24, 2.45) is 5.92 Å². The van der Waals surface area contributed by atoms with Gasteiger partial charge in [0.05, 0.1) is 11.0 Å². The van der Waals surface area contributed by atoms with Crippen LogP contribution >= 0.6 is 0 Å². The number of rotatable bonds is 14. The van der Waals surface area contributed by atoms with E-state index in [1.807, 2.05) is 67.6 Å². The number of nitrogens with one attached hydrogen (secondary N) is 1. The third kappa shape index (κ3) is 7.26. The Labute approximate surface area is 273 Å². The number of fused-ring (bicyclic) bond motifs is 1. The van der Waals surface area contributed by atoms with E-state index in [1.54, 1.807) is 0 Å². The fourth-order valence-corrected chi connectivity index (χ4v) is 6.38. The van der Waals surface area contributed by atoms with E-state index >= 15 is 0 Å². The van der Waals surface area contributed by atoms with Gasteiger partial charge in [-0.2, -0.15) is 5.21 Å². The first-order chi connectivity index (χ1) is 22.9. The quantitative estimate of drug-likeness (QED) is 0.131. The summed E-state index contributed by atoms with van der Waals surface area (Å²) < 4.78 is 2.27. The molecule has 9 nitrogen and oxygen atoms in total. The molecular weight excluding hydrogens is 588 g/mol. The number of benzene rings is 4. The van der Waals surface area contributed by atoms with Crippen molar-refractivity contribution in [3.05, 3.63) is 119 Å². The van der Waals surface area contributed by atoms with Crippen molar-refractivity contribution in [3.8, 4) is 22.5 Å². The van der Waals surface area contributed by atoms with Crippen LogP contribution in [0, 0.1) is 12.8 Å². The van der Waals surface area contributed by atoms with Crippen LogP contribution in [0.5, 0.6) is 0 Å². The number of tetrazole rings is 1. The summed E-state index contributed by atoms with van der Waals surface area (Å²) in [5.74, 6) is 1.06. The van der Waals surface area contributed by atoms with Gasteiger partial charge in [-0.05, 0) is 70.8 Å². The van der Waals surface area contributed by atoms with E-state index in [0.29, 0.717) is 24.4 Å². The first-order valence-electron chi connectivity index (χ1n) is 16.0. The van der Waals surface area contributed by atoms with E-state index < -0.39 is 6.61 Å². The molecule has 4 aromatic carbocycles. The molecule has 0 aliphatic heterocycles. The van der Waals surface area contributed by atoms with Crippen molar-refractivity contribution >= 4 is 22.6 Å². The fraction of sp³-hybridized carbons (Fsp3) is 0.263. The van der Waals surface area contributed by atoms with Gasteiger partial charge >= 0.3 is 0 Å². The minimum absolute atomic E-state index is 0.0232. The van der Waals surface area contributed by atoms with Crippen LogP contribution < -0.4 is 0 Å². The predicted octanol–water partition coefficient (Wildman–Crippen LogP) is 6.58. The maximum Gasteiger partial charge on any atom is 0.205 e. The number of Topliss-reactive ketones (excluding diaryl/α,β-unsaturated/α-hetero) is 2. The molecule has 6 aromatic rings. The van der Waals surface area contributed by atoms with Crippen molar-refractivity contribution < 1.29 is 14.7 Å². The number of aromatic amines is 1. The smallest absolute Gasteiger partial charge is 0.205 e. The lowest BCUT2D eigenvalue weighted by molar-refractivity contribution is -0.122. The summed E-state index contributed by atoms with van der Waals surface area (Å²) in [6.07, 6.45) is 2.73. The number of H-pyrrole nitrogens is 1. The number of nitrogens with zero attached hydrogens (tertiary/aromatic N) is 5. The molecule has 0 radical (unpaired) electrons. The highest BCUT2D eigenvalue weighted by Gasteiger charge is 2.22. The lowest BCUT2D eigenvalue weighted by Crippen LogP contribution is -2.18. The molecule has 0 bridgehead atoms. The maximum atomic E-state index is 13.6. The Kier molecular flexibility index (Phi) is 9.73. The van der Waals surface area contributed by atoms with Crippen LogP contribution in [0.2, 0.25) is 0 Å². The van der Waals surface area contributed by atoms with Crippen molar-refractivity contribution in [2.45, 2.75) is 52.5 Å². The number of carbonyl (C=O) groups excluding carboxylic acids is 2. The monoisotopic (exact) mass is 626 g/mol. The number of carbonyl (C=O) groups is 2. The fourth-order valence-electron chi connectivity index (χ4n) is 6.38. The van der Waals surface area contributed by atoms with Gasteiger partial charge in [-0.15, -0.1) is 10.2 Å². The number of hydrogen-bond acceptors (Lipinski definition) is 7. The first kappa shape index (κ1) is 31.7. The SMILES string of the molecule is CCCc1nc2cc(C(=O)C[C@@H](CC(=O)CO)Cc3ccccc3)cc(C)c2n1Cc1ccc(-c2ccccc2-c2nn[nH]n2)cc1. The summed E-state index contributed by atoms with van der Waals surface area (Å²) in [6, 6.07) is 30.2. The molecule has 1 atom stereocenters. The van der Waals surface area contributed by atoms with Gasteiger partial charge in [-0.3, -0.25) is 9.59 Å². The highest BCUT2D eigenvalue weighted by atomic mass is 16.3. The number of aliphatic hydroxyl groups is 1. The number of aryl methyl sites for hydroxylation is 2. The lowest BCUT2D eigenvalue weighted by atomic mass is 9.88. The average Bonchev–Trinajstić information content (AvgIpc) is 3.74. The minimum Gasteiger partial charge on any atom is -0.389 e. The first-order valence-corrected chi connectivity index (χ1v) is 16.0. The number of ketones is 2. The summed E-state index contributed by atoms with van der Waals surface area (Å²) >= 11 is 0. The van der Waals surface area contributed by atoms with E-state index in [1.165, 1.54) is 0 Å². The molecule has 2 heterocycles. The van der Waals surface area contributed by atoms with Crippen LogP contribution in [0.25, 0.3) is 33.5 Å². The molecule has 0 saturated carbocycles. The van der Waals surface area contributed by atoms with Gasteiger partial charge in [0.15, 0.2) is 11.6 Å². The third-order valence-corrected chi connectivity index (χ3v) is 8.56. The van der Waals surface area contributed by atoms with Crippen LogP contribution in [0.4, 0.5) is 0 Å². The Hall–Kier alpha value is -5.28. The minimum atomic E-state index is -0.515. The second-order valence-electron chi connectivity index (χ2n) is 12.1. The average molecular weight is 627 g/mol. The highest BCUT2D eigenvalue weighted by Crippen LogP contribution is 2.31. The Balaban J connectivity index is 1.26. The summed E-state index contributed by atoms with van der Waals surface area (Å²) in [5, 5.41) is 24.0. The molecule has 238 valence electrons. The van der Waals surface area contributed by atoms with Gasteiger partial charge in [0.2, 0.25) is 5.82 Å². The zero-order valence-corrected chi connectivity index (χ0v) is 26.7. The number of imidazole rings is 1. The van der Waals surface area contributed by atoms with Crippen LogP contribution in [0.15, 0.2) is 91.0 Å². The Morgan fingerprint density at radius 1 is 0.894 bits per heavy atom. The Morgan fingerprint density at radius 2 is 1.64 bits per heavy atom. The molecule has 47 heavy (non-hydrogen) atoms. The van der Waals surface area contributed by atoms with Crippen molar-refractivity contribution in [3.63, 3.8) is 0 Å². The molecule has 0 unspecified atom stereocenters. The Morgan fingerprint density at radius 3 is 2.34 bits per heavy atom. The van der Waals surface area contributed by atoms with Crippen molar-refractivity contribution in [1.29, 1.82) is 0 Å². The second kappa shape index (κ2) is 14.4. The van der Waals surface area contributed by atoms with Crippen LogP contribution in [-0.2, 0) is 24.2 Å². The molecule has 6 rings (SSSR count). The summed E-state index contributed by atoms with van der Waals surface area (Å²) in [6.45, 7) is 4.30. The highest BCUT2D eigenvalue weighted by molar-refractivity contribution is 6.00. The molecule has 0 aliphatic carbocycles. The van der Waals surface area contributed by atoms with Crippen molar-refractivity contribution in [1.82, 2.24) is 30.2 Å². The Bertz CT molecular complexity index is 1980. The van der Waals surface area contributed by atoms with Crippen LogP contribution in [0.1, 0.15) is 59.1 Å². The number of aromatic nitrogens is 6. The van der Waals surface area contributed by atoms with E-state index in [2.05, 4.69) is 62.4 Å². The van der Waals surface area contributed by atoms with Crippen molar-refractivity contribution in [2.75, 3.05) is 6.61 Å². The van der Waals surface area contributed by atoms with Gasteiger partial charge in [-0.1, -0.05) is 85.8 Å². The number of hydrogen-bond donors (Lipinski definition) is 2. The third-order valence-electron chi connectivity index (χ3n) is 8.56. The molecule has 0 spiro atoms. The van der Waals surface area contributed by atoms with Gasteiger partial charge < -0.3 is 9.67 Å². The largest absolute Gasteiger partial charge is 0.389 e. The van der Waals surface area contributed by atoms with Gasteiger partial charge in [0, 0.05) is 36.9 Å². The molecule has 9 heteroatoms. The molecule has 0 saturated heterocycles.